The van der Waals surface area contributed by atoms with Crippen LogP contribution < -0.4 is 0 Å². The van der Waals surface area contributed by atoms with Crippen LogP contribution in [0.5, 0.6) is 0 Å². The molecule has 0 amide bonds. The van der Waals surface area contributed by atoms with E-state index in [1.54, 1.807) is 0 Å². The summed E-state index contributed by atoms with van der Waals surface area (Å²) in [6.45, 7) is 6.55. The number of rotatable bonds is 64. The Morgan fingerprint density at radius 1 is 0.263 bits per heavy atom. The minimum atomic E-state index is -0.792. The van der Waals surface area contributed by atoms with Gasteiger partial charge in [-0.25, -0.2) is 0 Å². The van der Waals surface area contributed by atoms with Crippen molar-refractivity contribution in [1.29, 1.82) is 0 Å². The van der Waals surface area contributed by atoms with Gasteiger partial charge in [-0.3, -0.25) is 14.4 Å². The van der Waals surface area contributed by atoms with Crippen molar-refractivity contribution in [2.75, 3.05) is 13.2 Å². The van der Waals surface area contributed by atoms with Gasteiger partial charge in [-0.05, 0) is 109 Å². The van der Waals surface area contributed by atoms with Crippen LogP contribution in [0.15, 0.2) is 72.9 Å². The van der Waals surface area contributed by atoms with Gasteiger partial charge in [0, 0.05) is 19.3 Å². The Labute approximate surface area is 497 Å². The highest BCUT2D eigenvalue weighted by Gasteiger charge is 2.19. The van der Waals surface area contributed by atoms with Crippen LogP contribution in [0.2, 0.25) is 0 Å². The van der Waals surface area contributed by atoms with Gasteiger partial charge >= 0.3 is 17.9 Å². The summed E-state index contributed by atoms with van der Waals surface area (Å²) in [6, 6.07) is 0. The number of carbonyl (C=O) groups is 3. The third-order valence-electron chi connectivity index (χ3n) is 15.4. The zero-order chi connectivity index (χ0) is 57.8. The fraction of sp³-hybridized carbons (Fsp3) is 0.797. The van der Waals surface area contributed by atoms with Gasteiger partial charge in [-0.15, -0.1) is 0 Å². The van der Waals surface area contributed by atoms with Gasteiger partial charge in [0.15, 0.2) is 6.10 Å². The van der Waals surface area contributed by atoms with Crippen molar-refractivity contribution < 1.29 is 28.6 Å². The van der Waals surface area contributed by atoms with E-state index in [-0.39, 0.29) is 31.1 Å². The topological polar surface area (TPSA) is 78.9 Å². The molecular formula is C74H132O6. The molecule has 0 saturated carbocycles. The number of unbranched alkanes of at least 4 members (excludes halogenated alkanes) is 41. The molecule has 0 saturated heterocycles. The SMILES string of the molecule is CC/C=C\C/C=C\C/C=C\C/C=C\CCCCCCC(=O)OC(COC(=O)CCCCCCC/C=C\CCCCCCCCC)COC(=O)CCCCCCCCCCCCCCCCCCC/C=C\CCCCCCCCCC. The molecule has 0 radical (unpaired) electrons. The molecule has 80 heavy (non-hydrogen) atoms. The Bertz CT molecular complexity index is 1470. The molecule has 0 rings (SSSR count). The minimum absolute atomic E-state index is 0.0854. The maximum atomic E-state index is 12.9. The summed E-state index contributed by atoms with van der Waals surface area (Å²) in [7, 11) is 0. The molecule has 0 aromatic heterocycles. The molecule has 0 bridgehead atoms. The molecule has 0 N–H and O–H groups in total. The van der Waals surface area contributed by atoms with Gasteiger partial charge in [0.25, 0.3) is 0 Å². The Hall–Kier alpha value is -3.15. The Kier molecular flexibility index (Phi) is 65.7. The Morgan fingerprint density at radius 3 is 0.775 bits per heavy atom. The third kappa shape index (κ3) is 65.7. The van der Waals surface area contributed by atoms with E-state index in [1.807, 2.05) is 0 Å². The Morgan fingerprint density at radius 2 is 0.487 bits per heavy atom. The van der Waals surface area contributed by atoms with E-state index < -0.39 is 6.10 Å². The molecule has 464 valence electrons. The molecular weight excluding hydrogens is 985 g/mol. The molecule has 1 unspecified atom stereocenters. The molecule has 0 aromatic carbocycles. The summed E-state index contributed by atoms with van der Waals surface area (Å²) < 4.78 is 16.9. The zero-order valence-corrected chi connectivity index (χ0v) is 53.3. The molecule has 6 nitrogen and oxygen atoms in total. The largest absolute Gasteiger partial charge is 0.462 e. The number of hydrogen-bond donors (Lipinski definition) is 0. The van der Waals surface area contributed by atoms with E-state index in [9.17, 15) is 14.4 Å². The lowest BCUT2D eigenvalue weighted by Gasteiger charge is -2.18. The van der Waals surface area contributed by atoms with E-state index in [0.29, 0.717) is 19.3 Å². The van der Waals surface area contributed by atoms with Crippen molar-refractivity contribution in [1.82, 2.24) is 0 Å². The zero-order valence-electron chi connectivity index (χ0n) is 53.3. The van der Waals surface area contributed by atoms with Gasteiger partial charge in [-0.2, -0.15) is 0 Å². The van der Waals surface area contributed by atoms with Gasteiger partial charge in [0.05, 0.1) is 0 Å². The second-order valence-corrected chi connectivity index (χ2v) is 23.4. The summed E-state index contributed by atoms with van der Waals surface area (Å²) in [4.78, 5) is 38.4. The van der Waals surface area contributed by atoms with Crippen LogP contribution in [0.1, 0.15) is 361 Å². The van der Waals surface area contributed by atoms with Crippen LogP contribution in [-0.2, 0) is 28.6 Å². The first-order valence-corrected chi connectivity index (χ1v) is 34.9. The fourth-order valence-corrected chi connectivity index (χ4v) is 10.2. The van der Waals surface area contributed by atoms with E-state index in [0.717, 1.165) is 103 Å². The lowest BCUT2D eigenvalue weighted by Crippen LogP contribution is -2.30. The normalized spacial score (nSPS) is 12.5. The van der Waals surface area contributed by atoms with Crippen LogP contribution in [-0.4, -0.2) is 37.2 Å². The highest BCUT2D eigenvalue weighted by molar-refractivity contribution is 5.71. The summed E-state index contributed by atoms with van der Waals surface area (Å²) in [6.07, 6.45) is 89.3. The second kappa shape index (κ2) is 68.3. The van der Waals surface area contributed by atoms with Crippen molar-refractivity contribution in [2.45, 2.75) is 367 Å². The predicted molar refractivity (Wildman–Crippen MR) is 348 cm³/mol. The van der Waals surface area contributed by atoms with Crippen molar-refractivity contribution in [3.05, 3.63) is 72.9 Å². The fourth-order valence-electron chi connectivity index (χ4n) is 10.2. The molecule has 0 aliphatic rings. The van der Waals surface area contributed by atoms with Crippen molar-refractivity contribution >= 4 is 17.9 Å². The molecule has 0 fully saturated rings. The Balaban J connectivity index is 4.26. The van der Waals surface area contributed by atoms with Gasteiger partial charge in [0.1, 0.15) is 13.2 Å². The molecule has 6 heteroatoms. The average Bonchev–Trinajstić information content (AvgIpc) is 3.46. The van der Waals surface area contributed by atoms with E-state index in [1.165, 1.54) is 218 Å². The van der Waals surface area contributed by atoms with Crippen molar-refractivity contribution in [3.8, 4) is 0 Å². The third-order valence-corrected chi connectivity index (χ3v) is 15.4. The lowest BCUT2D eigenvalue weighted by atomic mass is 10.0. The molecule has 0 spiro atoms. The van der Waals surface area contributed by atoms with E-state index in [4.69, 9.17) is 14.2 Å². The maximum Gasteiger partial charge on any atom is 0.306 e. The van der Waals surface area contributed by atoms with Crippen LogP contribution >= 0.6 is 0 Å². The number of esters is 3. The molecule has 0 aliphatic heterocycles. The summed E-state index contributed by atoms with van der Waals surface area (Å²) in [5.74, 6) is -0.899. The molecule has 0 aliphatic carbocycles. The van der Waals surface area contributed by atoms with Crippen LogP contribution in [0, 0.1) is 0 Å². The van der Waals surface area contributed by atoms with Gasteiger partial charge < -0.3 is 14.2 Å². The standard InChI is InChI=1S/C74H132O6/c1-4-7-10-13-16-19-22-25-28-31-32-33-34-35-36-37-38-39-40-41-42-44-46-49-52-55-58-61-64-67-73(76)79-70-71(69-78-72(75)66-63-60-57-54-51-48-45-30-27-24-21-18-15-12-9-6-3)80-74(77)68-65-62-59-56-53-50-47-43-29-26-23-20-17-14-11-8-5-2/h8,11,17,20,26,29-32,45,47,50,71H,4-7,9-10,12-16,18-19,21-25,27-28,33-44,46,48-49,51-70H2,1-3H3/b11-8-,20-17-,29-26-,32-31-,45-30-,50-47-. The minimum Gasteiger partial charge on any atom is -0.462 e. The summed E-state index contributed by atoms with van der Waals surface area (Å²) >= 11 is 0. The monoisotopic (exact) mass is 1120 g/mol. The lowest BCUT2D eigenvalue weighted by molar-refractivity contribution is -0.167. The van der Waals surface area contributed by atoms with Crippen molar-refractivity contribution in [2.24, 2.45) is 0 Å². The number of hydrogen-bond acceptors (Lipinski definition) is 6. The number of carbonyl (C=O) groups excluding carboxylic acids is 3. The molecule has 0 heterocycles. The number of ether oxygens (including phenoxy) is 3. The highest BCUT2D eigenvalue weighted by Crippen LogP contribution is 2.17. The molecule has 1 atom stereocenters. The van der Waals surface area contributed by atoms with Gasteiger partial charge in [-0.1, -0.05) is 306 Å². The van der Waals surface area contributed by atoms with Crippen LogP contribution in [0.25, 0.3) is 0 Å². The van der Waals surface area contributed by atoms with Crippen molar-refractivity contribution in [3.63, 3.8) is 0 Å². The average molecular weight is 1120 g/mol. The first kappa shape index (κ1) is 76.9. The van der Waals surface area contributed by atoms with E-state index >= 15 is 0 Å². The first-order chi connectivity index (χ1) is 39.5. The summed E-state index contributed by atoms with van der Waals surface area (Å²) in [5.41, 5.74) is 0. The predicted octanol–water partition coefficient (Wildman–Crippen LogP) is 24.1. The second-order valence-electron chi connectivity index (χ2n) is 23.4. The van der Waals surface area contributed by atoms with Crippen LogP contribution in [0.3, 0.4) is 0 Å². The van der Waals surface area contributed by atoms with Gasteiger partial charge in [0.2, 0.25) is 0 Å². The smallest absolute Gasteiger partial charge is 0.306 e. The number of allylic oxidation sites excluding steroid dienone is 12. The maximum absolute atomic E-state index is 12.9. The first-order valence-electron chi connectivity index (χ1n) is 34.9. The van der Waals surface area contributed by atoms with Crippen LogP contribution in [0.4, 0.5) is 0 Å². The quantitative estimate of drug-likeness (QED) is 0.0261. The molecule has 0 aromatic rings. The highest BCUT2D eigenvalue weighted by atomic mass is 16.6. The van der Waals surface area contributed by atoms with E-state index in [2.05, 4.69) is 93.7 Å². The summed E-state index contributed by atoms with van der Waals surface area (Å²) in [5, 5.41) is 0.